The highest BCUT2D eigenvalue weighted by Gasteiger charge is 2.15. The first-order valence-electron chi connectivity index (χ1n) is 18.0. The van der Waals surface area contributed by atoms with Gasteiger partial charge in [-0.3, -0.25) is 0 Å². The first kappa shape index (κ1) is 32.6. The van der Waals surface area contributed by atoms with E-state index in [4.69, 9.17) is 0 Å². The standard InChI is InChI=1S/C50H29N3S2/c51-30-32-6-22-43-45-24-14-38(28-49(45)54-47(43)26-32)36-10-18-41(19-11-36)53(40-16-8-35(9-17-40)34-4-2-1-3-5-34)42-20-12-37(13-21-42)39-15-25-46-44-23-7-33(31-52)27-48(44)55-50(46)29-39/h1-29H. The second-order valence-corrected chi connectivity index (χ2v) is 15.8. The zero-order chi connectivity index (χ0) is 36.9. The molecular weight excluding hydrogens is 707 g/mol. The molecule has 0 fully saturated rings. The van der Waals surface area contributed by atoms with Gasteiger partial charge < -0.3 is 4.90 Å². The third kappa shape index (κ3) is 5.89. The summed E-state index contributed by atoms with van der Waals surface area (Å²) in [6, 6.07) is 66.6. The maximum absolute atomic E-state index is 9.40. The summed E-state index contributed by atoms with van der Waals surface area (Å²) in [5.74, 6) is 0. The summed E-state index contributed by atoms with van der Waals surface area (Å²) in [7, 11) is 0. The monoisotopic (exact) mass is 735 g/mol. The van der Waals surface area contributed by atoms with Gasteiger partial charge >= 0.3 is 0 Å². The van der Waals surface area contributed by atoms with E-state index in [0.29, 0.717) is 11.1 Å². The third-order valence-electron chi connectivity index (χ3n) is 10.4. The van der Waals surface area contributed by atoms with Crippen molar-refractivity contribution in [3.63, 3.8) is 0 Å². The Kier molecular flexibility index (Phi) is 7.97. The average Bonchev–Trinajstić information content (AvgIpc) is 3.81. The quantitative estimate of drug-likeness (QED) is 0.171. The highest BCUT2D eigenvalue weighted by molar-refractivity contribution is 7.26. The van der Waals surface area contributed by atoms with Gasteiger partial charge in [-0.15, -0.1) is 22.7 Å². The molecule has 0 bridgehead atoms. The van der Waals surface area contributed by atoms with Crippen LogP contribution in [0.3, 0.4) is 0 Å². The van der Waals surface area contributed by atoms with E-state index in [1.807, 2.05) is 30.3 Å². The molecule has 0 saturated carbocycles. The van der Waals surface area contributed by atoms with Crippen molar-refractivity contribution < 1.29 is 0 Å². The van der Waals surface area contributed by atoms with E-state index in [2.05, 4.69) is 163 Å². The molecule has 2 heterocycles. The van der Waals surface area contributed by atoms with Crippen molar-refractivity contribution in [3.8, 4) is 45.5 Å². The lowest BCUT2D eigenvalue weighted by Gasteiger charge is -2.26. The summed E-state index contributed by atoms with van der Waals surface area (Å²) in [6.45, 7) is 0. The largest absolute Gasteiger partial charge is 0.311 e. The van der Waals surface area contributed by atoms with Gasteiger partial charge in [0.2, 0.25) is 0 Å². The summed E-state index contributed by atoms with van der Waals surface area (Å²) in [5.41, 5.74) is 11.6. The second-order valence-electron chi connectivity index (χ2n) is 13.6. The van der Waals surface area contributed by atoms with Crippen molar-refractivity contribution in [1.82, 2.24) is 0 Å². The minimum absolute atomic E-state index is 0.689. The highest BCUT2D eigenvalue weighted by atomic mass is 32.1. The molecule has 256 valence electrons. The molecule has 0 aliphatic carbocycles. The predicted molar refractivity (Wildman–Crippen MR) is 233 cm³/mol. The van der Waals surface area contributed by atoms with Crippen molar-refractivity contribution in [2.75, 3.05) is 4.90 Å². The molecule has 0 spiro atoms. The van der Waals surface area contributed by atoms with Crippen LogP contribution in [0.5, 0.6) is 0 Å². The van der Waals surface area contributed by atoms with Crippen molar-refractivity contribution in [2.45, 2.75) is 0 Å². The van der Waals surface area contributed by atoms with E-state index < -0.39 is 0 Å². The molecule has 10 rings (SSSR count). The van der Waals surface area contributed by atoms with Crippen LogP contribution in [0.25, 0.3) is 73.7 Å². The number of nitriles is 2. The Morgan fingerprint density at radius 1 is 0.327 bits per heavy atom. The number of hydrogen-bond acceptors (Lipinski definition) is 5. The molecule has 0 unspecified atom stereocenters. The molecule has 0 aliphatic heterocycles. The van der Waals surface area contributed by atoms with E-state index >= 15 is 0 Å². The van der Waals surface area contributed by atoms with Gasteiger partial charge in [-0.2, -0.15) is 10.5 Å². The lowest BCUT2D eigenvalue weighted by Crippen LogP contribution is -2.09. The van der Waals surface area contributed by atoms with Gasteiger partial charge in [0.05, 0.1) is 23.3 Å². The van der Waals surface area contributed by atoms with Crippen LogP contribution < -0.4 is 4.90 Å². The normalized spacial score (nSPS) is 11.2. The molecule has 0 atom stereocenters. The number of thiophene rings is 2. The Balaban J connectivity index is 1.00. The summed E-state index contributed by atoms with van der Waals surface area (Å²) in [4.78, 5) is 2.31. The van der Waals surface area contributed by atoms with E-state index in [9.17, 15) is 10.5 Å². The van der Waals surface area contributed by atoms with Crippen molar-refractivity contribution in [3.05, 3.63) is 187 Å². The summed E-state index contributed by atoms with van der Waals surface area (Å²) in [6.07, 6.45) is 0. The van der Waals surface area contributed by atoms with Crippen LogP contribution in [-0.2, 0) is 0 Å². The topological polar surface area (TPSA) is 50.8 Å². The number of fused-ring (bicyclic) bond motifs is 6. The van der Waals surface area contributed by atoms with Crippen LogP contribution in [0, 0.1) is 22.7 Å². The lowest BCUT2D eigenvalue weighted by atomic mass is 10.0. The fourth-order valence-corrected chi connectivity index (χ4v) is 9.91. The smallest absolute Gasteiger partial charge is 0.0992 e. The molecule has 5 heteroatoms. The molecule has 55 heavy (non-hydrogen) atoms. The van der Waals surface area contributed by atoms with Gasteiger partial charge in [0.1, 0.15) is 0 Å². The summed E-state index contributed by atoms with van der Waals surface area (Å²) < 4.78 is 4.70. The van der Waals surface area contributed by atoms with Crippen molar-refractivity contribution >= 4 is 80.1 Å². The lowest BCUT2D eigenvalue weighted by molar-refractivity contribution is 1.28. The molecule has 2 aromatic heterocycles. The third-order valence-corrected chi connectivity index (χ3v) is 12.6. The van der Waals surface area contributed by atoms with Gasteiger partial charge in [0.25, 0.3) is 0 Å². The van der Waals surface area contributed by atoms with Gasteiger partial charge in [-0.1, -0.05) is 103 Å². The number of rotatable bonds is 6. The number of nitrogens with zero attached hydrogens (tertiary/aromatic N) is 3. The predicted octanol–water partition coefficient (Wildman–Crippen LogP) is 14.6. The minimum atomic E-state index is 0.689. The molecule has 3 nitrogen and oxygen atoms in total. The summed E-state index contributed by atoms with van der Waals surface area (Å²) in [5, 5.41) is 23.6. The van der Waals surface area contributed by atoms with Gasteiger partial charge in [-0.25, -0.2) is 0 Å². The number of benzene rings is 8. The first-order valence-corrected chi connectivity index (χ1v) is 19.6. The minimum Gasteiger partial charge on any atom is -0.311 e. The Labute approximate surface area is 326 Å². The first-order chi connectivity index (χ1) is 27.1. The maximum Gasteiger partial charge on any atom is 0.0992 e. The number of anilines is 3. The zero-order valence-electron chi connectivity index (χ0n) is 29.4. The van der Waals surface area contributed by atoms with E-state index in [1.54, 1.807) is 22.7 Å². The van der Waals surface area contributed by atoms with E-state index in [1.165, 1.54) is 42.1 Å². The van der Waals surface area contributed by atoms with Crippen LogP contribution in [0.4, 0.5) is 17.1 Å². The summed E-state index contributed by atoms with van der Waals surface area (Å²) >= 11 is 3.47. The fraction of sp³-hybridized carbons (Fsp3) is 0. The second kappa shape index (κ2) is 13.4. The SMILES string of the molecule is N#Cc1ccc2c(c1)sc1cc(-c3ccc(N(c4ccc(-c5ccccc5)cc4)c4ccc(-c5ccc6c(c5)sc5cc(C#N)ccc56)cc4)cc3)ccc12. The Morgan fingerprint density at radius 3 is 1.05 bits per heavy atom. The molecule has 8 aromatic carbocycles. The highest BCUT2D eigenvalue weighted by Crippen LogP contribution is 2.41. The van der Waals surface area contributed by atoms with Crippen LogP contribution in [0.2, 0.25) is 0 Å². The molecule has 0 radical (unpaired) electrons. The van der Waals surface area contributed by atoms with Crippen LogP contribution >= 0.6 is 22.7 Å². The van der Waals surface area contributed by atoms with Gasteiger partial charge in [0, 0.05) is 57.4 Å². The molecular formula is C50H29N3S2. The van der Waals surface area contributed by atoms with Crippen molar-refractivity contribution in [2.24, 2.45) is 0 Å². The zero-order valence-corrected chi connectivity index (χ0v) is 31.0. The molecule has 0 amide bonds. The van der Waals surface area contributed by atoms with Gasteiger partial charge in [-0.05, 0) is 106 Å². The molecule has 10 aromatic rings. The average molecular weight is 736 g/mol. The van der Waals surface area contributed by atoms with E-state index in [-0.39, 0.29) is 0 Å². The molecule has 0 aliphatic rings. The van der Waals surface area contributed by atoms with Crippen molar-refractivity contribution in [1.29, 1.82) is 10.5 Å². The van der Waals surface area contributed by atoms with Crippen LogP contribution in [0.15, 0.2) is 176 Å². The van der Waals surface area contributed by atoms with Crippen LogP contribution in [0.1, 0.15) is 11.1 Å². The Hall–Kier alpha value is -7.02. The number of hydrogen-bond donors (Lipinski definition) is 0. The van der Waals surface area contributed by atoms with E-state index in [0.717, 1.165) is 48.7 Å². The Bertz CT molecular complexity index is 2970. The van der Waals surface area contributed by atoms with Crippen LogP contribution in [-0.4, -0.2) is 0 Å². The molecule has 0 saturated heterocycles. The maximum atomic E-state index is 9.40. The molecule has 0 N–H and O–H groups in total. The fourth-order valence-electron chi connectivity index (χ4n) is 7.54. The Morgan fingerprint density at radius 2 is 0.655 bits per heavy atom. The van der Waals surface area contributed by atoms with Gasteiger partial charge in [0.15, 0.2) is 0 Å².